The zero-order chi connectivity index (χ0) is 22.1. The number of rotatable bonds is 4. The first-order valence-corrected chi connectivity index (χ1v) is 9.69. The summed E-state index contributed by atoms with van der Waals surface area (Å²) in [6.45, 7) is 3.68. The molecule has 0 radical (unpaired) electrons. The monoisotopic (exact) mass is 411 g/mol. The molecule has 0 spiro atoms. The van der Waals surface area contributed by atoms with E-state index in [1.807, 2.05) is 44.2 Å². The summed E-state index contributed by atoms with van der Waals surface area (Å²) < 4.78 is 7.40. The first-order valence-electron chi connectivity index (χ1n) is 9.69. The standard InChI is InChI=1S/C23H21N7O/c1-13-18(10-24)21(19(11-25)14(2)28-13)15-6-7-20-17(9-15)22(26)29-30(20)23(31-3)16-5-4-8-27-12-16/h4-9,12,21,23,28H,1-3H3,(H2,26,29). The molecule has 8 heteroatoms. The number of dihydropyridines is 1. The van der Waals surface area contributed by atoms with Crippen molar-refractivity contribution in [3.05, 3.63) is 76.4 Å². The third-order valence-corrected chi connectivity index (χ3v) is 5.51. The Morgan fingerprint density at radius 3 is 2.45 bits per heavy atom. The molecule has 2 aromatic heterocycles. The number of fused-ring (bicyclic) bond motifs is 1. The third kappa shape index (κ3) is 3.29. The second-order valence-electron chi connectivity index (χ2n) is 7.34. The van der Waals surface area contributed by atoms with Crippen LogP contribution in [0.25, 0.3) is 10.9 Å². The van der Waals surface area contributed by atoms with Crippen LogP contribution in [0.15, 0.2) is 65.3 Å². The van der Waals surface area contributed by atoms with Crippen molar-refractivity contribution in [2.24, 2.45) is 0 Å². The number of nitrogens with two attached hydrogens (primary N) is 1. The van der Waals surface area contributed by atoms with E-state index in [0.29, 0.717) is 17.0 Å². The van der Waals surface area contributed by atoms with Gasteiger partial charge in [0.15, 0.2) is 12.0 Å². The molecular formula is C23H21N7O. The number of nitrogen functional groups attached to an aromatic ring is 1. The summed E-state index contributed by atoms with van der Waals surface area (Å²) in [5.74, 6) is -0.116. The van der Waals surface area contributed by atoms with Gasteiger partial charge in [-0.3, -0.25) is 4.98 Å². The summed E-state index contributed by atoms with van der Waals surface area (Å²) in [6, 6.07) is 14.0. The van der Waals surface area contributed by atoms with Crippen LogP contribution in [-0.4, -0.2) is 21.9 Å². The number of pyridine rings is 1. The van der Waals surface area contributed by atoms with Gasteiger partial charge in [-0.15, -0.1) is 0 Å². The molecule has 0 saturated heterocycles. The van der Waals surface area contributed by atoms with E-state index in [9.17, 15) is 10.5 Å². The Kier molecular flexibility index (Phi) is 5.16. The molecule has 1 aliphatic heterocycles. The molecule has 0 fully saturated rings. The quantitative estimate of drug-likeness (QED) is 0.673. The number of aromatic nitrogens is 3. The largest absolute Gasteiger partial charge is 0.382 e. The summed E-state index contributed by atoms with van der Waals surface area (Å²) in [4.78, 5) is 4.16. The predicted octanol–water partition coefficient (Wildman–Crippen LogP) is 3.49. The zero-order valence-electron chi connectivity index (χ0n) is 17.4. The second-order valence-corrected chi connectivity index (χ2v) is 7.34. The van der Waals surface area contributed by atoms with Crippen molar-refractivity contribution in [1.82, 2.24) is 20.1 Å². The minimum absolute atomic E-state index is 0.343. The maximum Gasteiger partial charge on any atom is 0.177 e. The maximum atomic E-state index is 9.75. The van der Waals surface area contributed by atoms with Crippen molar-refractivity contribution in [3.8, 4) is 12.1 Å². The first-order chi connectivity index (χ1) is 15.0. The van der Waals surface area contributed by atoms with Crippen molar-refractivity contribution in [3.63, 3.8) is 0 Å². The fourth-order valence-electron chi connectivity index (χ4n) is 4.06. The number of nitrogens with zero attached hydrogens (tertiary/aromatic N) is 5. The Morgan fingerprint density at radius 1 is 1.16 bits per heavy atom. The molecule has 8 nitrogen and oxygen atoms in total. The van der Waals surface area contributed by atoms with E-state index < -0.39 is 12.1 Å². The molecule has 4 rings (SSSR count). The van der Waals surface area contributed by atoms with Crippen LogP contribution < -0.4 is 11.1 Å². The molecule has 0 bridgehead atoms. The minimum Gasteiger partial charge on any atom is -0.382 e. The summed E-state index contributed by atoms with van der Waals surface area (Å²) in [6.07, 6.45) is 2.93. The van der Waals surface area contributed by atoms with Crippen LogP contribution in [0.4, 0.5) is 5.82 Å². The van der Waals surface area contributed by atoms with E-state index in [-0.39, 0.29) is 0 Å². The van der Waals surface area contributed by atoms with E-state index in [1.54, 1.807) is 24.2 Å². The molecule has 1 aromatic carbocycles. The van der Waals surface area contributed by atoms with Crippen LogP contribution in [0.5, 0.6) is 0 Å². The number of ether oxygens (including phenoxy) is 1. The van der Waals surface area contributed by atoms with Crippen LogP contribution in [-0.2, 0) is 4.74 Å². The molecule has 1 atom stereocenters. The number of anilines is 1. The van der Waals surface area contributed by atoms with Crippen molar-refractivity contribution in [1.29, 1.82) is 10.5 Å². The average Bonchev–Trinajstić information content (AvgIpc) is 3.10. The lowest BCUT2D eigenvalue weighted by Gasteiger charge is -2.26. The molecule has 31 heavy (non-hydrogen) atoms. The van der Waals surface area contributed by atoms with Gasteiger partial charge in [0.05, 0.1) is 34.7 Å². The normalized spacial score (nSPS) is 15.5. The van der Waals surface area contributed by atoms with Gasteiger partial charge in [-0.1, -0.05) is 12.1 Å². The van der Waals surface area contributed by atoms with E-state index in [0.717, 1.165) is 33.4 Å². The second kappa shape index (κ2) is 7.94. The van der Waals surface area contributed by atoms with E-state index in [4.69, 9.17) is 10.5 Å². The van der Waals surface area contributed by atoms with Gasteiger partial charge in [0, 0.05) is 41.8 Å². The molecular weight excluding hydrogens is 390 g/mol. The number of allylic oxidation sites excluding steroid dienone is 4. The van der Waals surface area contributed by atoms with Gasteiger partial charge in [0.1, 0.15) is 0 Å². The lowest BCUT2D eigenvalue weighted by molar-refractivity contribution is 0.0718. The van der Waals surface area contributed by atoms with Gasteiger partial charge in [-0.2, -0.15) is 15.6 Å². The fraction of sp³-hybridized carbons (Fsp3) is 0.217. The number of nitriles is 2. The highest BCUT2D eigenvalue weighted by Gasteiger charge is 2.30. The van der Waals surface area contributed by atoms with Gasteiger partial charge in [-0.25, -0.2) is 4.68 Å². The molecule has 0 aliphatic carbocycles. The highest BCUT2D eigenvalue weighted by Crippen LogP contribution is 2.39. The average molecular weight is 411 g/mol. The minimum atomic E-state index is -0.494. The third-order valence-electron chi connectivity index (χ3n) is 5.51. The van der Waals surface area contributed by atoms with Crippen molar-refractivity contribution >= 4 is 16.7 Å². The molecule has 1 aliphatic rings. The topological polar surface area (TPSA) is 126 Å². The molecule has 154 valence electrons. The van der Waals surface area contributed by atoms with E-state index >= 15 is 0 Å². The number of benzene rings is 1. The summed E-state index contributed by atoms with van der Waals surface area (Å²) in [7, 11) is 1.60. The van der Waals surface area contributed by atoms with E-state index in [2.05, 4.69) is 27.5 Å². The number of nitrogens with one attached hydrogen (secondary N) is 1. The smallest absolute Gasteiger partial charge is 0.177 e. The van der Waals surface area contributed by atoms with Gasteiger partial charge in [0.2, 0.25) is 0 Å². The van der Waals surface area contributed by atoms with Crippen LogP contribution >= 0.6 is 0 Å². The predicted molar refractivity (Wildman–Crippen MR) is 116 cm³/mol. The molecule has 1 unspecified atom stereocenters. The molecule has 0 amide bonds. The summed E-state index contributed by atoms with van der Waals surface area (Å²) in [5, 5.41) is 27.9. The van der Waals surface area contributed by atoms with Gasteiger partial charge < -0.3 is 15.8 Å². The summed E-state index contributed by atoms with van der Waals surface area (Å²) >= 11 is 0. The fourth-order valence-corrected chi connectivity index (χ4v) is 4.06. The molecule has 3 heterocycles. The number of hydrogen-bond acceptors (Lipinski definition) is 7. The number of methoxy groups -OCH3 is 1. The van der Waals surface area contributed by atoms with Gasteiger partial charge in [-0.05, 0) is 37.6 Å². The molecule has 0 saturated carbocycles. The Bertz CT molecular complexity index is 1270. The van der Waals surface area contributed by atoms with Crippen molar-refractivity contribution in [2.45, 2.75) is 26.0 Å². The zero-order valence-corrected chi connectivity index (χ0v) is 17.4. The van der Waals surface area contributed by atoms with Crippen molar-refractivity contribution < 1.29 is 4.74 Å². The molecule has 3 N–H and O–H groups in total. The number of hydrogen-bond donors (Lipinski definition) is 2. The Hall–Kier alpha value is -4.14. The lowest BCUT2D eigenvalue weighted by atomic mass is 9.81. The van der Waals surface area contributed by atoms with Crippen LogP contribution in [0.3, 0.4) is 0 Å². The molecule has 3 aromatic rings. The Balaban J connectivity index is 1.87. The summed E-state index contributed by atoms with van der Waals surface area (Å²) in [5.41, 5.74) is 11.2. The Labute approximate surface area is 179 Å². The first kappa shape index (κ1) is 20.1. The van der Waals surface area contributed by atoms with Crippen LogP contribution in [0.1, 0.15) is 37.1 Å². The lowest BCUT2D eigenvalue weighted by Crippen LogP contribution is -2.23. The van der Waals surface area contributed by atoms with Crippen LogP contribution in [0, 0.1) is 22.7 Å². The van der Waals surface area contributed by atoms with Gasteiger partial charge in [0.25, 0.3) is 0 Å². The van der Waals surface area contributed by atoms with Crippen molar-refractivity contribution in [2.75, 3.05) is 12.8 Å². The Morgan fingerprint density at radius 2 is 1.87 bits per heavy atom. The SMILES string of the molecule is COC(c1cccnc1)n1nc(N)c2cc(C3C(C#N)=C(C)NC(C)=C3C#N)ccc21. The highest BCUT2D eigenvalue weighted by atomic mass is 16.5. The van der Waals surface area contributed by atoms with Gasteiger partial charge >= 0.3 is 0 Å². The van der Waals surface area contributed by atoms with Crippen LogP contribution in [0.2, 0.25) is 0 Å². The highest BCUT2D eigenvalue weighted by molar-refractivity contribution is 5.90. The maximum absolute atomic E-state index is 9.75. The van der Waals surface area contributed by atoms with E-state index in [1.165, 1.54) is 0 Å².